The van der Waals surface area contributed by atoms with Crippen molar-refractivity contribution < 1.29 is 9.47 Å². The number of nitrogens with one attached hydrogen (secondary N) is 3. The first-order valence-electron chi connectivity index (χ1n) is 11.1. The molecule has 26 heavy (non-hydrogen) atoms. The minimum absolute atomic E-state index is 0.299. The molecule has 5 fully saturated rings. The molecule has 0 amide bonds. The van der Waals surface area contributed by atoms with E-state index in [2.05, 4.69) is 20.9 Å². The lowest BCUT2D eigenvalue weighted by Gasteiger charge is -2.43. The van der Waals surface area contributed by atoms with Gasteiger partial charge in [0.25, 0.3) is 0 Å². The van der Waals surface area contributed by atoms with Crippen LogP contribution in [-0.4, -0.2) is 73.9 Å². The smallest absolute Gasteiger partial charge is 0.0852 e. The molecule has 0 aromatic carbocycles. The molecule has 0 aromatic rings. The highest BCUT2D eigenvalue weighted by molar-refractivity contribution is 5.03. The van der Waals surface area contributed by atoms with Crippen LogP contribution in [-0.2, 0) is 9.47 Å². The summed E-state index contributed by atoms with van der Waals surface area (Å²) in [6, 6.07) is 1.69. The van der Waals surface area contributed by atoms with Gasteiger partial charge in [-0.2, -0.15) is 0 Å². The normalized spacial score (nSPS) is 47.3. The van der Waals surface area contributed by atoms with Gasteiger partial charge in [0, 0.05) is 18.6 Å². The third-order valence-corrected chi connectivity index (χ3v) is 7.29. The van der Waals surface area contributed by atoms with Crippen molar-refractivity contribution in [2.24, 2.45) is 0 Å². The summed E-state index contributed by atoms with van der Waals surface area (Å²) in [4.78, 5) is 2.73. The lowest BCUT2D eigenvalue weighted by molar-refractivity contribution is -0.158. The maximum absolute atomic E-state index is 6.02. The Hall–Kier alpha value is -0.240. The van der Waals surface area contributed by atoms with Crippen LogP contribution in [0.3, 0.4) is 0 Å². The van der Waals surface area contributed by atoms with Crippen LogP contribution in [0.5, 0.6) is 0 Å². The SMILES string of the molecule is C1CCC(C2NC3CCCCN3C2NC2CCC3OCCOC3C2)NC1. The Morgan fingerprint density at radius 2 is 1.77 bits per heavy atom. The molecule has 4 aliphatic heterocycles. The van der Waals surface area contributed by atoms with Crippen LogP contribution in [0.2, 0.25) is 0 Å². The lowest BCUT2D eigenvalue weighted by atomic mass is 9.88. The van der Waals surface area contributed by atoms with Crippen molar-refractivity contribution in [2.75, 3.05) is 26.3 Å². The molecule has 6 nitrogen and oxygen atoms in total. The summed E-state index contributed by atoms with van der Waals surface area (Å²) in [5.74, 6) is 0. The number of fused-ring (bicyclic) bond motifs is 2. The minimum atomic E-state index is 0.299. The molecule has 1 aliphatic carbocycles. The summed E-state index contributed by atoms with van der Waals surface area (Å²) in [5.41, 5.74) is 0. The number of hydrogen-bond donors (Lipinski definition) is 3. The second-order valence-corrected chi connectivity index (χ2v) is 8.94. The van der Waals surface area contributed by atoms with Gasteiger partial charge >= 0.3 is 0 Å². The van der Waals surface area contributed by atoms with Crippen molar-refractivity contribution in [3.63, 3.8) is 0 Å². The van der Waals surface area contributed by atoms with Crippen LogP contribution in [0, 0.1) is 0 Å². The largest absolute Gasteiger partial charge is 0.373 e. The maximum atomic E-state index is 6.02. The number of piperidine rings is 2. The van der Waals surface area contributed by atoms with Crippen LogP contribution in [0.25, 0.3) is 0 Å². The van der Waals surface area contributed by atoms with E-state index in [9.17, 15) is 0 Å². The highest BCUT2D eigenvalue weighted by atomic mass is 16.6. The zero-order valence-corrected chi connectivity index (χ0v) is 16.0. The molecule has 7 unspecified atom stereocenters. The molecular weight excluding hydrogens is 328 g/mol. The number of nitrogens with zero attached hydrogens (tertiary/aromatic N) is 1. The molecule has 0 aromatic heterocycles. The molecule has 148 valence electrons. The summed E-state index contributed by atoms with van der Waals surface area (Å²) in [6.45, 7) is 3.95. The van der Waals surface area contributed by atoms with Crippen molar-refractivity contribution in [1.82, 2.24) is 20.9 Å². The van der Waals surface area contributed by atoms with E-state index in [1.54, 1.807) is 0 Å². The topological polar surface area (TPSA) is 57.8 Å². The molecule has 6 heteroatoms. The molecule has 0 bridgehead atoms. The zero-order chi connectivity index (χ0) is 17.3. The summed E-state index contributed by atoms with van der Waals surface area (Å²) >= 11 is 0. The fourth-order valence-corrected chi connectivity index (χ4v) is 5.97. The van der Waals surface area contributed by atoms with Crippen LogP contribution in [0.4, 0.5) is 0 Å². The van der Waals surface area contributed by atoms with E-state index in [0.29, 0.717) is 42.7 Å². The quantitative estimate of drug-likeness (QED) is 0.699. The van der Waals surface area contributed by atoms with Gasteiger partial charge in [0.15, 0.2) is 0 Å². The van der Waals surface area contributed by atoms with Crippen LogP contribution in [0.1, 0.15) is 57.8 Å². The van der Waals surface area contributed by atoms with Crippen molar-refractivity contribution >= 4 is 0 Å². The number of ether oxygens (including phenoxy) is 2. The Balaban J connectivity index is 1.27. The molecule has 7 atom stereocenters. The van der Waals surface area contributed by atoms with Gasteiger partial charge in [-0.05, 0) is 57.9 Å². The Morgan fingerprint density at radius 1 is 0.885 bits per heavy atom. The molecule has 3 N–H and O–H groups in total. The van der Waals surface area contributed by atoms with Gasteiger partial charge in [-0.15, -0.1) is 0 Å². The van der Waals surface area contributed by atoms with Gasteiger partial charge in [0.05, 0.1) is 43.8 Å². The molecule has 5 rings (SSSR count). The van der Waals surface area contributed by atoms with Crippen LogP contribution >= 0.6 is 0 Å². The van der Waals surface area contributed by atoms with E-state index in [1.165, 1.54) is 58.0 Å². The van der Waals surface area contributed by atoms with Gasteiger partial charge < -0.3 is 14.8 Å². The van der Waals surface area contributed by atoms with Gasteiger partial charge in [0.1, 0.15) is 0 Å². The Bertz CT molecular complexity index is 473. The summed E-state index contributed by atoms with van der Waals surface area (Å²) in [5, 5.41) is 11.9. The molecule has 5 aliphatic rings. The average Bonchev–Trinajstić information content (AvgIpc) is 3.07. The number of rotatable bonds is 3. The predicted octanol–water partition coefficient (Wildman–Crippen LogP) is 1.16. The lowest BCUT2D eigenvalue weighted by Crippen LogP contribution is -2.61. The highest BCUT2D eigenvalue weighted by Crippen LogP contribution is 2.31. The fourth-order valence-electron chi connectivity index (χ4n) is 5.97. The van der Waals surface area contributed by atoms with Crippen LogP contribution in [0.15, 0.2) is 0 Å². The van der Waals surface area contributed by atoms with E-state index in [1.807, 2.05) is 0 Å². The van der Waals surface area contributed by atoms with E-state index < -0.39 is 0 Å². The van der Waals surface area contributed by atoms with Crippen molar-refractivity contribution in [3.05, 3.63) is 0 Å². The van der Waals surface area contributed by atoms with Crippen LogP contribution < -0.4 is 16.0 Å². The highest BCUT2D eigenvalue weighted by Gasteiger charge is 2.46. The first-order chi connectivity index (χ1) is 12.9. The van der Waals surface area contributed by atoms with E-state index in [0.717, 1.165) is 26.1 Å². The minimum Gasteiger partial charge on any atom is -0.373 e. The third kappa shape index (κ3) is 3.56. The standard InChI is InChI=1S/C20H36N4O2/c1-3-9-21-15(5-1)19-20(24-10-4-2-6-18(24)23-19)22-14-7-8-16-17(13-14)26-12-11-25-16/h14-23H,1-13H2. The summed E-state index contributed by atoms with van der Waals surface area (Å²) < 4.78 is 11.9. The monoisotopic (exact) mass is 364 g/mol. The van der Waals surface area contributed by atoms with Crippen molar-refractivity contribution in [3.8, 4) is 0 Å². The fraction of sp³-hybridized carbons (Fsp3) is 1.00. The van der Waals surface area contributed by atoms with Gasteiger partial charge in [-0.25, -0.2) is 0 Å². The molecule has 4 heterocycles. The molecule has 4 saturated heterocycles. The van der Waals surface area contributed by atoms with Crippen molar-refractivity contribution in [1.29, 1.82) is 0 Å². The Labute approximate surface area is 157 Å². The first kappa shape index (κ1) is 17.8. The van der Waals surface area contributed by atoms with Gasteiger partial charge in [-0.3, -0.25) is 15.5 Å². The molecule has 1 saturated carbocycles. The van der Waals surface area contributed by atoms with E-state index in [-0.39, 0.29) is 0 Å². The Kier molecular flexibility index (Phi) is 5.50. The van der Waals surface area contributed by atoms with Gasteiger partial charge in [0.2, 0.25) is 0 Å². The first-order valence-corrected chi connectivity index (χ1v) is 11.1. The molecule has 0 radical (unpaired) electrons. The summed E-state index contributed by atoms with van der Waals surface area (Å²) in [6.07, 6.45) is 13.1. The third-order valence-electron chi connectivity index (χ3n) is 7.29. The molecule has 0 spiro atoms. The second-order valence-electron chi connectivity index (χ2n) is 8.94. The van der Waals surface area contributed by atoms with E-state index >= 15 is 0 Å². The average molecular weight is 365 g/mol. The van der Waals surface area contributed by atoms with Crippen molar-refractivity contribution in [2.45, 2.75) is 100 Å². The predicted molar refractivity (Wildman–Crippen MR) is 101 cm³/mol. The van der Waals surface area contributed by atoms with E-state index in [4.69, 9.17) is 9.47 Å². The number of hydrogen-bond acceptors (Lipinski definition) is 6. The maximum Gasteiger partial charge on any atom is 0.0852 e. The molecular formula is C20H36N4O2. The second kappa shape index (κ2) is 8.02. The van der Waals surface area contributed by atoms with Gasteiger partial charge in [-0.1, -0.05) is 6.42 Å². The summed E-state index contributed by atoms with van der Waals surface area (Å²) in [7, 11) is 0. The zero-order valence-electron chi connectivity index (χ0n) is 16.0. The Morgan fingerprint density at radius 3 is 2.65 bits per heavy atom.